The Kier molecular flexibility index (Phi) is 7.57. The van der Waals surface area contributed by atoms with Gasteiger partial charge in [0.05, 0.1) is 13.0 Å². The van der Waals surface area contributed by atoms with Crippen LogP contribution in [0.1, 0.15) is 57.9 Å². The van der Waals surface area contributed by atoms with Gasteiger partial charge in [0.1, 0.15) is 5.75 Å². The van der Waals surface area contributed by atoms with Crippen LogP contribution in [-0.2, 0) is 11.2 Å². The monoisotopic (exact) mass is 332 g/mol. The van der Waals surface area contributed by atoms with Gasteiger partial charge in [0, 0.05) is 18.6 Å². The van der Waals surface area contributed by atoms with Gasteiger partial charge in [-0.25, -0.2) is 0 Å². The smallest absolute Gasteiger partial charge is 0.227 e. The van der Waals surface area contributed by atoms with Crippen LogP contribution in [-0.4, -0.2) is 36.0 Å². The minimum absolute atomic E-state index is 0.197. The highest BCUT2D eigenvalue weighted by Gasteiger charge is 2.32. The number of rotatable bonds is 10. The molecule has 0 heterocycles. The van der Waals surface area contributed by atoms with Gasteiger partial charge < -0.3 is 15.4 Å². The van der Waals surface area contributed by atoms with E-state index in [1.807, 2.05) is 36.1 Å². The number of carbonyl (C=O) groups excluding carboxylic acids is 1. The molecule has 2 rings (SSSR count). The summed E-state index contributed by atoms with van der Waals surface area (Å²) in [7, 11) is 0. The number of hydrogen-bond donors (Lipinski definition) is 1. The van der Waals surface area contributed by atoms with Gasteiger partial charge in [-0.2, -0.15) is 0 Å². The zero-order valence-corrected chi connectivity index (χ0v) is 15.2. The predicted molar refractivity (Wildman–Crippen MR) is 98.2 cm³/mol. The van der Waals surface area contributed by atoms with E-state index in [0.29, 0.717) is 12.5 Å². The molecule has 0 aromatic heterocycles. The first-order chi connectivity index (χ1) is 11.6. The molecule has 0 saturated heterocycles. The molecule has 0 unspecified atom stereocenters. The third-order valence-electron chi connectivity index (χ3n) is 4.80. The Morgan fingerprint density at radius 3 is 2.46 bits per heavy atom. The van der Waals surface area contributed by atoms with E-state index in [1.165, 1.54) is 19.3 Å². The largest absolute Gasteiger partial charge is 0.494 e. The molecule has 1 aromatic carbocycles. The van der Waals surface area contributed by atoms with E-state index in [0.717, 1.165) is 43.7 Å². The molecule has 1 aliphatic carbocycles. The zero-order chi connectivity index (χ0) is 17.4. The van der Waals surface area contributed by atoms with Crippen molar-refractivity contribution >= 4 is 5.91 Å². The maximum atomic E-state index is 12.5. The number of amides is 1. The molecule has 1 aromatic rings. The summed E-state index contributed by atoms with van der Waals surface area (Å²) >= 11 is 0. The summed E-state index contributed by atoms with van der Waals surface area (Å²) in [5.41, 5.74) is 6.89. The lowest BCUT2D eigenvalue weighted by molar-refractivity contribution is -0.134. The van der Waals surface area contributed by atoms with E-state index in [-0.39, 0.29) is 11.9 Å². The molecule has 24 heavy (non-hydrogen) atoms. The molecule has 134 valence electrons. The first kappa shape index (κ1) is 18.8. The second kappa shape index (κ2) is 9.67. The predicted octanol–water partition coefficient (Wildman–Crippen LogP) is 3.53. The van der Waals surface area contributed by atoms with Crippen LogP contribution in [0.15, 0.2) is 24.3 Å². The number of nitrogens with two attached hydrogens (primary N) is 1. The standard InChI is InChI=1S/C20H32N2O2/c1-3-5-6-7-12-24-19-10-8-16(9-11-19)13-20(23)22(4-2)18-14-17(21)15-18/h8-11,17-18H,3-7,12-15,21H2,1-2H3/t17-,18-. The molecule has 0 bridgehead atoms. The number of hydrogen-bond acceptors (Lipinski definition) is 3. The third-order valence-corrected chi connectivity index (χ3v) is 4.80. The molecule has 4 nitrogen and oxygen atoms in total. The molecule has 0 radical (unpaired) electrons. The van der Waals surface area contributed by atoms with Crippen LogP contribution >= 0.6 is 0 Å². The lowest BCUT2D eigenvalue weighted by Gasteiger charge is -2.41. The van der Waals surface area contributed by atoms with Crippen molar-refractivity contribution in [1.29, 1.82) is 0 Å². The topological polar surface area (TPSA) is 55.6 Å². The van der Waals surface area contributed by atoms with Crippen LogP contribution in [0.2, 0.25) is 0 Å². The van der Waals surface area contributed by atoms with Crippen LogP contribution < -0.4 is 10.5 Å². The first-order valence-corrected chi connectivity index (χ1v) is 9.40. The van der Waals surface area contributed by atoms with Gasteiger partial charge in [-0.3, -0.25) is 4.79 Å². The van der Waals surface area contributed by atoms with Crippen LogP contribution in [0, 0.1) is 0 Å². The Balaban J connectivity index is 1.77. The van der Waals surface area contributed by atoms with Crippen LogP contribution in [0.3, 0.4) is 0 Å². The van der Waals surface area contributed by atoms with Crippen molar-refractivity contribution in [3.05, 3.63) is 29.8 Å². The highest BCUT2D eigenvalue weighted by atomic mass is 16.5. The SMILES string of the molecule is CCCCCCOc1ccc(CC(=O)N(CC)[C@H]2C[C@H](N)C2)cc1. The fraction of sp³-hybridized carbons (Fsp3) is 0.650. The quantitative estimate of drug-likeness (QED) is 0.667. The van der Waals surface area contributed by atoms with Crippen molar-refractivity contribution < 1.29 is 9.53 Å². The third kappa shape index (κ3) is 5.52. The molecule has 1 fully saturated rings. The minimum atomic E-state index is 0.197. The minimum Gasteiger partial charge on any atom is -0.494 e. The number of ether oxygens (including phenoxy) is 1. The van der Waals surface area contributed by atoms with E-state index in [2.05, 4.69) is 6.92 Å². The molecule has 4 heteroatoms. The Morgan fingerprint density at radius 2 is 1.88 bits per heavy atom. The fourth-order valence-corrected chi connectivity index (χ4v) is 3.22. The zero-order valence-electron chi connectivity index (χ0n) is 15.2. The highest BCUT2D eigenvalue weighted by Crippen LogP contribution is 2.24. The van der Waals surface area contributed by atoms with Gasteiger partial charge in [-0.1, -0.05) is 38.3 Å². The number of unbranched alkanes of at least 4 members (excludes halogenated alkanes) is 3. The summed E-state index contributed by atoms with van der Waals surface area (Å²) in [6, 6.07) is 8.55. The van der Waals surface area contributed by atoms with Crippen molar-refractivity contribution in [2.24, 2.45) is 5.73 Å². The summed E-state index contributed by atoms with van der Waals surface area (Å²) in [6.45, 7) is 5.77. The van der Waals surface area contributed by atoms with Crippen molar-refractivity contribution in [3.8, 4) is 5.75 Å². The highest BCUT2D eigenvalue weighted by molar-refractivity contribution is 5.79. The molecule has 0 atom stereocenters. The van der Waals surface area contributed by atoms with Crippen molar-refractivity contribution in [2.75, 3.05) is 13.2 Å². The Labute approximate surface area is 146 Å². The molecule has 0 aliphatic heterocycles. The second-order valence-electron chi connectivity index (χ2n) is 6.79. The van der Waals surface area contributed by atoms with E-state index in [9.17, 15) is 4.79 Å². The molecule has 1 saturated carbocycles. The summed E-state index contributed by atoms with van der Waals surface area (Å²) < 4.78 is 5.75. The molecule has 2 N–H and O–H groups in total. The molecular weight excluding hydrogens is 300 g/mol. The number of likely N-dealkylation sites (N-methyl/N-ethyl adjacent to an activating group) is 1. The Morgan fingerprint density at radius 1 is 1.17 bits per heavy atom. The van der Waals surface area contributed by atoms with E-state index >= 15 is 0 Å². The lowest BCUT2D eigenvalue weighted by atomic mass is 9.86. The number of carbonyl (C=O) groups is 1. The van der Waals surface area contributed by atoms with E-state index in [1.54, 1.807) is 0 Å². The van der Waals surface area contributed by atoms with E-state index in [4.69, 9.17) is 10.5 Å². The maximum absolute atomic E-state index is 12.5. The van der Waals surface area contributed by atoms with Gasteiger partial charge in [0.2, 0.25) is 5.91 Å². The summed E-state index contributed by atoms with van der Waals surface area (Å²) in [6.07, 6.45) is 7.16. The van der Waals surface area contributed by atoms with Crippen molar-refractivity contribution in [2.45, 2.75) is 70.9 Å². The van der Waals surface area contributed by atoms with Gasteiger partial charge in [-0.15, -0.1) is 0 Å². The maximum Gasteiger partial charge on any atom is 0.227 e. The summed E-state index contributed by atoms with van der Waals surface area (Å²) in [4.78, 5) is 14.5. The molecular formula is C20H32N2O2. The fourth-order valence-electron chi connectivity index (χ4n) is 3.22. The van der Waals surface area contributed by atoms with Crippen molar-refractivity contribution in [1.82, 2.24) is 4.90 Å². The van der Waals surface area contributed by atoms with Crippen LogP contribution in [0.25, 0.3) is 0 Å². The van der Waals surface area contributed by atoms with Gasteiger partial charge in [0.15, 0.2) is 0 Å². The van der Waals surface area contributed by atoms with Crippen LogP contribution in [0.4, 0.5) is 0 Å². The van der Waals surface area contributed by atoms with Gasteiger partial charge in [0.25, 0.3) is 0 Å². The van der Waals surface area contributed by atoms with E-state index < -0.39 is 0 Å². The van der Waals surface area contributed by atoms with Gasteiger partial charge in [-0.05, 0) is 43.9 Å². The second-order valence-corrected chi connectivity index (χ2v) is 6.79. The molecule has 1 aliphatic rings. The number of nitrogens with zero attached hydrogens (tertiary/aromatic N) is 1. The average molecular weight is 332 g/mol. The lowest BCUT2D eigenvalue weighted by Crippen LogP contribution is -2.53. The molecule has 1 amide bonds. The van der Waals surface area contributed by atoms with Gasteiger partial charge >= 0.3 is 0 Å². The molecule has 0 spiro atoms. The van der Waals surface area contributed by atoms with Crippen molar-refractivity contribution in [3.63, 3.8) is 0 Å². The Bertz CT molecular complexity index is 495. The first-order valence-electron chi connectivity index (χ1n) is 9.40. The average Bonchev–Trinajstić information content (AvgIpc) is 2.55. The normalized spacial score (nSPS) is 19.6. The Hall–Kier alpha value is -1.55. The number of benzene rings is 1. The summed E-state index contributed by atoms with van der Waals surface area (Å²) in [5.74, 6) is 1.09. The van der Waals surface area contributed by atoms with Crippen LogP contribution in [0.5, 0.6) is 5.75 Å². The summed E-state index contributed by atoms with van der Waals surface area (Å²) in [5, 5.41) is 0.